The van der Waals surface area contributed by atoms with Crippen LogP contribution in [0.3, 0.4) is 0 Å². The molecule has 1 aromatic rings. The van der Waals surface area contributed by atoms with Crippen molar-refractivity contribution >= 4 is 22.6 Å². The number of ether oxygens (including phenoxy) is 1. The van der Waals surface area contributed by atoms with Gasteiger partial charge in [-0.1, -0.05) is 28.7 Å². The number of benzene rings is 1. The Hall–Kier alpha value is -2.62. The lowest BCUT2D eigenvalue weighted by Gasteiger charge is -2.14. The van der Waals surface area contributed by atoms with Crippen molar-refractivity contribution in [2.75, 3.05) is 6.61 Å². The molecular formula is C13H14FNO7S. The second-order valence-electron chi connectivity index (χ2n) is 4.25. The zero-order chi connectivity index (χ0) is 17.5. The number of halogens is 1. The van der Waals surface area contributed by atoms with E-state index in [-0.39, 0.29) is 18.8 Å². The summed E-state index contributed by atoms with van der Waals surface area (Å²) in [5.74, 6) is -1.65. The van der Waals surface area contributed by atoms with Crippen LogP contribution in [-0.2, 0) is 26.5 Å². The lowest BCUT2D eigenvalue weighted by atomic mass is 10.1. The minimum Gasteiger partial charge on any atom is -0.480 e. The first-order chi connectivity index (χ1) is 10.7. The maximum atomic E-state index is 12.5. The van der Waals surface area contributed by atoms with Gasteiger partial charge in [-0.05, 0) is 17.7 Å². The molecule has 10 heteroatoms. The second-order valence-corrected chi connectivity index (χ2v) is 5.20. The number of aliphatic carboxylic acids is 1. The van der Waals surface area contributed by atoms with Gasteiger partial charge in [-0.15, -0.1) is 0 Å². The van der Waals surface area contributed by atoms with Crippen molar-refractivity contribution in [2.24, 2.45) is 0 Å². The van der Waals surface area contributed by atoms with E-state index in [0.717, 1.165) is 6.07 Å². The molecule has 0 saturated carbocycles. The maximum Gasteiger partial charge on any atom is 0.488 e. The van der Waals surface area contributed by atoms with Gasteiger partial charge in [-0.2, -0.15) is 8.42 Å². The lowest BCUT2D eigenvalue weighted by molar-refractivity contribution is -0.139. The summed E-state index contributed by atoms with van der Waals surface area (Å²) in [5.41, 5.74) is 0.308. The quantitative estimate of drug-likeness (QED) is 0.535. The third kappa shape index (κ3) is 7.27. The highest BCUT2D eigenvalue weighted by molar-refractivity contribution is 7.81. The van der Waals surface area contributed by atoms with E-state index < -0.39 is 28.6 Å². The fraction of sp³-hybridized carbons (Fsp3) is 0.231. The average Bonchev–Trinajstić information content (AvgIpc) is 2.42. The summed E-state index contributed by atoms with van der Waals surface area (Å²) in [6, 6.07) is 3.81. The fourth-order valence-electron chi connectivity index (χ4n) is 1.59. The van der Waals surface area contributed by atoms with Gasteiger partial charge in [0.1, 0.15) is 18.4 Å². The number of carboxylic acids is 1. The molecule has 1 atom stereocenters. The maximum absolute atomic E-state index is 12.5. The van der Waals surface area contributed by atoms with Gasteiger partial charge in [-0.3, -0.25) is 0 Å². The average molecular weight is 347 g/mol. The van der Waals surface area contributed by atoms with Gasteiger partial charge in [0.25, 0.3) is 0 Å². The molecule has 2 N–H and O–H groups in total. The smallest absolute Gasteiger partial charge is 0.480 e. The third-order valence-electron chi connectivity index (χ3n) is 2.46. The van der Waals surface area contributed by atoms with E-state index in [4.69, 9.17) is 5.11 Å². The number of carbonyl (C=O) groups is 2. The van der Waals surface area contributed by atoms with Crippen LogP contribution in [-0.4, -0.2) is 38.2 Å². The Morgan fingerprint density at radius 2 is 2.13 bits per heavy atom. The van der Waals surface area contributed by atoms with Gasteiger partial charge in [0.05, 0.1) is 0 Å². The van der Waals surface area contributed by atoms with Crippen LogP contribution in [0.15, 0.2) is 36.9 Å². The van der Waals surface area contributed by atoms with E-state index in [2.05, 4.69) is 20.8 Å². The minimum atomic E-state index is -5.18. The number of alkyl carbamates (subject to hydrolysis) is 1. The van der Waals surface area contributed by atoms with Crippen molar-refractivity contribution < 1.29 is 35.9 Å². The van der Waals surface area contributed by atoms with Gasteiger partial charge in [0, 0.05) is 6.42 Å². The van der Waals surface area contributed by atoms with E-state index >= 15 is 0 Å². The van der Waals surface area contributed by atoms with Crippen molar-refractivity contribution in [1.29, 1.82) is 0 Å². The van der Waals surface area contributed by atoms with E-state index in [0.29, 0.717) is 5.56 Å². The van der Waals surface area contributed by atoms with Crippen LogP contribution in [0.5, 0.6) is 5.75 Å². The Morgan fingerprint density at radius 3 is 2.70 bits per heavy atom. The Bertz CT molecular complexity index is 689. The van der Waals surface area contributed by atoms with Crippen molar-refractivity contribution in [3.63, 3.8) is 0 Å². The zero-order valence-corrected chi connectivity index (χ0v) is 12.6. The molecule has 1 rings (SSSR count). The summed E-state index contributed by atoms with van der Waals surface area (Å²) in [7, 11) is -5.18. The van der Waals surface area contributed by atoms with E-state index in [1.165, 1.54) is 24.3 Å². The molecule has 8 nitrogen and oxygen atoms in total. The molecule has 0 saturated heterocycles. The summed E-state index contributed by atoms with van der Waals surface area (Å²) < 4.78 is 42.0. The number of carbonyl (C=O) groups excluding carboxylic acids is 1. The minimum absolute atomic E-state index is 0.0874. The third-order valence-corrected chi connectivity index (χ3v) is 2.85. The molecule has 126 valence electrons. The van der Waals surface area contributed by atoms with E-state index in [1.807, 2.05) is 0 Å². The highest BCUT2D eigenvalue weighted by Crippen LogP contribution is 2.17. The molecule has 0 bridgehead atoms. The Morgan fingerprint density at radius 1 is 1.43 bits per heavy atom. The van der Waals surface area contributed by atoms with Gasteiger partial charge in [0.2, 0.25) is 0 Å². The molecular weight excluding hydrogens is 333 g/mol. The summed E-state index contributed by atoms with van der Waals surface area (Å²) in [6.07, 6.45) is 0.173. The van der Waals surface area contributed by atoms with Crippen LogP contribution in [0.1, 0.15) is 5.56 Å². The molecule has 0 aliphatic heterocycles. The molecule has 0 radical (unpaired) electrons. The Labute approximate surface area is 131 Å². The predicted octanol–water partition coefficient (Wildman–Crippen LogP) is 1.19. The Balaban J connectivity index is 2.80. The van der Waals surface area contributed by atoms with Gasteiger partial charge >= 0.3 is 22.6 Å². The summed E-state index contributed by atoms with van der Waals surface area (Å²) in [4.78, 5) is 22.5. The molecule has 0 aliphatic carbocycles. The summed E-state index contributed by atoms with van der Waals surface area (Å²) in [5, 5.41) is 11.2. The first-order valence-corrected chi connectivity index (χ1v) is 7.52. The molecule has 0 heterocycles. The highest BCUT2D eigenvalue weighted by Gasteiger charge is 2.21. The van der Waals surface area contributed by atoms with Crippen LogP contribution in [0, 0.1) is 0 Å². The second kappa shape index (κ2) is 8.13. The SMILES string of the molecule is C=CCOC(=O)N[C@@H](Cc1cccc(OS(=O)(=O)F)c1)C(=O)O. The van der Waals surface area contributed by atoms with Crippen LogP contribution in [0.4, 0.5) is 8.68 Å². The van der Waals surface area contributed by atoms with Crippen molar-refractivity contribution in [2.45, 2.75) is 12.5 Å². The summed E-state index contributed by atoms with van der Waals surface area (Å²) in [6.45, 7) is 3.25. The van der Waals surface area contributed by atoms with Gasteiger partial charge in [0.15, 0.2) is 0 Å². The first-order valence-electron chi connectivity index (χ1n) is 6.21. The molecule has 0 spiro atoms. The monoisotopic (exact) mass is 347 g/mol. The van der Waals surface area contributed by atoms with Crippen LogP contribution < -0.4 is 9.50 Å². The van der Waals surface area contributed by atoms with Crippen LogP contribution in [0.25, 0.3) is 0 Å². The normalized spacial score (nSPS) is 12.0. The number of nitrogens with one attached hydrogen (secondary N) is 1. The molecule has 1 aromatic carbocycles. The largest absolute Gasteiger partial charge is 0.488 e. The van der Waals surface area contributed by atoms with Crippen molar-refractivity contribution in [3.8, 4) is 5.75 Å². The number of carboxylic acid groups (broad SMARTS) is 1. The zero-order valence-electron chi connectivity index (χ0n) is 11.8. The van der Waals surface area contributed by atoms with Crippen LogP contribution >= 0.6 is 0 Å². The molecule has 0 unspecified atom stereocenters. The highest BCUT2D eigenvalue weighted by atomic mass is 32.3. The molecule has 1 amide bonds. The Kier molecular flexibility index (Phi) is 6.51. The van der Waals surface area contributed by atoms with Gasteiger partial charge < -0.3 is 19.3 Å². The van der Waals surface area contributed by atoms with Crippen molar-refractivity contribution in [1.82, 2.24) is 5.32 Å². The number of amides is 1. The lowest BCUT2D eigenvalue weighted by Crippen LogP contribution is -2.42. The van der Waals surface area contributed by atoms with Crippen molar-refractivity contribution in [3.05, 3.63) is 42.5 Å². The predicted molar refractivity (Wildman–Crippen MR) is 76.9 cm³/mol. The molecule has 23 heavy (non-hydrogen) atoms. The summed E-state index contributed by atoms with van der Waals surface area (Å²) >= 11 is 0. The molecule has 0 fully saturated rings. The number of hydrogen-bond donors (Lipinski definition) is 2. The standard InChI is InChI=1S/C13H14FNO7S/c1-2-6-21-13(18)15-11(12(16)17)8-9-4-3-5-10(7-9)22-23(14,19)20/h2-5,7,11H,1,6,8H2,(H,15,18)(H,16,17)/t11-/m0/s1. The topological polar surface area (TPSA) is 119 Å². The fourth-order valence-corrected chi connectivity index (χ4v) is 1.93. The van der Waals surface area contributed by atoms with E-state index in [1.54, 1.807) is 0 Å². The van der Waals surface area contributed by atoms with E-state index in [9.17, 15) is 21.9 Å². The number of hydrogen-bond acceptors (Lipinski definition) is 6. The first kappa shape index (κ1) is 18.4. The van der Waals surface area contributed by atoms with Crippen LogP contribution in [0.2, 0.25) is 0 Å². The van der Waals surface area contributed by atoms with Gasteiger partial charge in [-0.25, -0.2) is 9.59 Å². The molecule has 0 aliphatic rings. The number of rotatable bonds is 8. The molecule has 0 aromatic heterocycles.